The number of aryl methyl sites for hydroxylation is 2. The minimum atomic E-state index is -0.175. The highest BCUT2D eigenvalue weighted by Crippen LogP contribution is 2.34. The molecule has 0 saturated heterocycles. The van der Waals surface area contributed by atoms with Crippen molar-refractivity contribution in [1.29, 1.82) is 0 Å². The lowest BCUT2D eigenvalue weighted by molar-refractivity contribution is 0.0522. The molecule has 4 heteroatoms. The van der Waals surface area contributed by atoms with Crippen LogP contribution in [0.15, 0.2) is 54.6 Å². The molecule has 1 heterocycles. The second-order valence-corrected chi connectivity index (χ2v) is 7.30. The van der Waals surface area contributed by atoms with Gasteiger partial charge in [0.1, 0.15) is 6.61 Å². The standard InChI is InChI=1S/C23H21NO3/c1-24(13-17-14-26-20-7-2-3-8-21(20)27-17)23(25)19-12-11-16-10-9-15-5-4-6-18(19)22(15)16/h2-8,11-12,17H,9-10,13-14H2,1H3/t17-/m0/s1. The molecule has 4 nitrogen and oxygen atoms in total. The van der Waals surface area contributed by atoms with Crippen LogP contribution in [0.5, 0.6) is 11.5 Å². The van der Waals surface area contributed by atoms with Crippen LogP contribution in [0.2, 0.25) is 0 Å². The summed E-state index contributed by atoms with van der Waals surface area (Å²) in [6.07, 6.45) is 1.95. The molecule has 3 aromatic carbocycles. The summed E-state index contributed by atoms with van der Waals surface area (Å²) in [4.78, 5) is 14.9. The number of fused-ring (bicyclic) bond motifs is 1. The van der Waals surface area contributed by atoms with E-state index >= 15 is 0 Å². The van der Waals surface area contributed by atoms with Gasteiger partial charge < -0.3 is 14.4 Å². The molecular formula is C23H21NO3. The van der Waals surface area contributed by atoms with Gasteiger partial charge in [-0.1, -0.05) is 36.4 Å². The van der Waals surface area contributed by atoms with Gasteiger partial charge >= 0.3 is 0 Å². The molecule has 0 spiro atoms. The van der Waals surface area contributed by atoms with Crippen LogP contribution >= 0.6 is 0 Å². The summed E-state index contributed by atoms with van der Waals surface area (Å²) in [5, 5.41) is 2.33. The number of hydrogen-bond acceptors (Lipinski definition) is 3. The molecule has 0 aromatic heterocycles. The van der Waals surface area contributed by atoms with E-state index in [4.69, 9.17) is 9.47 Å². The van der Waals surface area contributed by atoms with Gasteiger partial charge in [0.05, 0.1) is 6.54 Å². The van der Waals surface area contributed by atoms with Crippen molar-refractivity contribution in [2.75, 3.05) is 20.2 Å². The molecule has 2 aliphatic rings. The third-order valence-corrected chi connectivity index (χ3v) is 5.50. The summed E-state index contributed by atoms with van der Waals surface area (Å²) in [7, 11) is 1.83. The molecule has 1 amide bonds. The maximum Gasteiger partial charge on any atom is 0.254 e. The largest absolute Gasteiger partial charge is 0.486 e. The Morgan fingerprint density at radius 2 is 1.78 bits per heavy atom. The molecule has 0 radical (unpaired) electrons. The molecule has 1 aliphatic heterocycles. The fraction of sp³-hybridized carbons (Fsp3) is 0.261. The first kappa shape index (κ1) is 16.2. The van der Waals surface area contributed by atoms with E-state index in [0.717, 1.165) is 35.3 Å². The van der Waals surface area contributed by atoms with E-state index in [2.05, 4.69) is 24.3 Å². The van der Waals surface area contributed by atoms with Gasteiger partial charge in [-0.3, -0.25) is 4.79 Å². The van der Waals surface area contributed by atoms with E-state index in [1.165, 1.54) is 16.5 Å². The molecule has 0 bridgehead atoms. The Morgan fingerprint density at radius 3 is 2.63 bits per heavy atom. The third kappa shape index (κ3) is 2.72. The molecular weight excluding hydrogens is 338 g/mol. The zero-order chi connectivity index (χ0) is 18.4. The Hall–Kier alpha value is -3.01. The molecule has 27 heavy (non-hydrogen) atoms. The highest BCUT2D eigenvalue weighted by atomic mass is 16.6. The number of ether oxygens (including phenoxy) is 2. The van der Waals surface area contributed by atoms with E-state index < -0.39 is 0 Å². The van der Waals surface area contributed by atoms with E-state index in [0.29, 0.717) is 13.2 Å². The van der Waals surface area contributed by atoms with Crippen LogP contribution in [0.3, 0.4) is 0 Å². The van der Waals surface area contributed by atoms with Crippen LogP contribution in [0.25, 0.3) is 10.8 Å². The van der Waals surface area contributed by atoms with Gasteiger partial charge in [-0.25, -0.2) is 0 Å². The van der Waals surface area contributed by atoms with Crippen LogP contribution in [0.4, 0.5) is 0 Å². The second kappa shape index (κ2) is 6.31. The average molecular weight is 359 g/mol. The summed E-state index contributed by atoms with van der Waals surface area (Å²) in [5.41, 5.74) is 3.46. The number of amides is 1. The number of likely N-dealkylation sites (N-methyl/N-ethyl adjacent to an activating group) is 1. The van der Waals surface area contributed by atoms with Crippen LogP contribution < -0.4 is 9.47 Å². The number of carbonyl (C=O) groups excluding carboxylic acids is 1. The zero-order valence-corrected chi connectivity index (χ0v) is 15.3. The average Bonchev–Trinajstić information content (AvgIpc) is 3.13. The van der Waals surface area contributed by atoms with Crippen molar-refractivity contribution in [3.63, 3.8) is 0 Å². The first-order chi connectivity index (χ1) is 13.2. The van der Waals surface area contributed by atoms with E-state index in [9.17, 15) is 4.79 Å². The topological polar surface area (TPSA) is 38.8 Å². The summed E-state index contributed by atoms with van der Waals surface area (Å²) < 4.78 is 11.8. The van der Waals surface area contributed by atoms with Gasteiger partial charge in [-0.15, -0.1) is 0 Å². The highest BCUT2D eigenvalue weighted by molar-refractivity contribution is 6.09. The maximum absolute atomic E-state index is 13.2. The van der Waals surface area contributed by atoms with Crippen molar-refractivity contribution in [3.8, 4) is 11.5 Å². The summed E-state index contributed by atoms with van der Waals surface area (Å²) in [6.45, 7) is 0.925. The van der Waals surface area contributed by atoms with Crippen molar-refractivity contribution < 1.29 is 14.3 Å². The Bertz CT molecular complexity index is 1030. The summed E-state index contributed by atoms with van der Waals surface area (Å²) in [5.74, 6) is 1.52. The Morgan fingerprint density at radius 1 is 1.00 bits per heavy atom. The molecule has 1 atom stereocenters. The van der Waals surface area contributed by atoms with Crippen molar-refractivity contribution in [2.24, 2.45) is 0 Å². The monoisotopic (exact) mass is 359 g/mol. The van der Waals surface area contributed by atoms with Gasteiger partial charge in [-0.2, -0.15) is 0 Å². The normalized spacial score (nSPS) is 17.1. The van der Waals surface area contributed by atoms with Gasteiger partial charge in [0.15, 0.2) is 17.6 Å². The van der Waals surface area contributed by atoms with Gasteiger partial charge in [-0.05, 0) is 52.9 Å². The van der Waals surface area contributed by atoms with Crippen molar-refractivity contribution in [3.05, 3.63) is 71.3 Å². The SMILES string of the molecule is CN(C[C@H]1COc2ccccc2O1)C(=O)c1ccc2c3c(cccc13)CC2. The summed E-state index contributed by atoms with van der Waals surface area (Å²) >= 11 is 0. The number of para-hydroxylation sites is 2. The number of rotatable bonds is 3. The Balaban J connectivity index is 1.38. The number of carbonyl (C=O) groups is 1. The molecule has 5 rings (SSSR count). The quantitative estimate of drug-likeness (QED) is 0.713. The van der Waals surface area contributed by atoms with Crippen LogP contribution in [-0.4, -0.2) is 37.1 Å². The fourth-order valence-electron chi connectivity index (χ4n) is 4.18. The molecule has 136 valence electrons. The zero-order valence-electron chi connectivity index (χ0n) is 15.3. The predicted molar refractivity (Wildman–Crippen MR) is 105 cm³/mol. The van der Waals surface area contributed by atoms with Gasteiger partial charge in [0.2, 0.25) is 0 Å². The molecule has 0 N–H and O–H groups in total. The minimum Gasteiger partial charge on any atom is -0.486 e. The van der Waals surface area contributed by atoms with Crippen LogP contribution in [0, 0.1) is 0 Å². The lowest BCUT2D eigenvalue weighted by Crippen LogP contribution is -2.41. The number of nitrogens with zero attached hydrogens (tertiary/aromatic N) is 1. The lowest BCUT2D eigenvalue weighted by atomic mass is 9.99. The lowest BCUT2D eigenvalue weighted by Gasteiger charge is -2.29. The van der Waals surface area contributed by atoms with Gasteiger partial charge in [0.25, 0.3) is 5.91 Å². The third-order valence-electron chi connectivity index (χ3n) is 5.50. The molecule has 0 fully saturated rings. The first-order valence-corrected chi connectivity index (χ1v) is 9.38. The Kier molecular flexibility index (Phi) is 3.78. The van der Waals surface area contributed by atoms with Crippen LogP contribution in [-0.2, 0) is 12.8 Å². The first-order valence-electron chi connectivity index (χ1n) is 9.38. The predicted octanol–water partition coefficient (Wildman–Crippen LogP) is 3.85. The molecule has 0 unspecified atom stereocenters. The van der Waals surface area contributed by atoms with E-state index in [1.807, 2.05) is 37.4 Å². The highest BCUT2D eigenvalue weighted by Gasteiger charge is 2.26. The maximum atomic E-state index is 13.2. The van der Waals surface area contributed by atoms with E-state index in [1.54, 1.807) is 4.90 Å². The summed E-state index contributed by atoms with van der Waals surface area (Å²) in [6, 6.07) is 18.0. The molecule has 3 aromatic rings. The van der Waals surface area contributed by atoms with Gasteiger partial charge in [0, 0.05) is 12.6 Å². The Labute approximate surface area is 158 Å². The van der Waals surface area contributed by atoms with Crippen LogP contribution in [0.1, 0.15) is 21.5 Å². The minimum absolute atomic E-state index is 0.0214. The smallest absolute Gasteiger partial charge is 0.254 e. The van der Waals surface area contributed by atoms with Crippen molar-refractivity contribution in [1.82, 2.24) is 4.90 Å². The van der Waals surface area contributed by atoms with E-state index in [-0.39, 0.29) is 12.0 Å². The number of hydrogen-bond donors (Lipinski definition) is 0. The molecule has 0 saturated carbocycles. The fourth-order valence-corrected chi connectivity index (χ4v) is 4.18. The molecule has 1 aliphatic carbocycles. The second-order valence-electron chi connectivity index (χ2n) is 7.30. The van der Waals surface area contributed by atoms with Crippen molar-refractivity contribution >= 4 is 16.7 Å². The van der Waals surface area contributed by atoms with Crippen molar-refractivity contribution in [2.45, 2.75) is 18.9 Å². The number of benzene rings is 3.